The number of phenolic OH excluding ortho intramolecular Hbond substituents is 1. The third-order valence-electron chi connectivity index (χ3n) is 4.57. The molecule has 4 aromatic rings. The Balaban J connectivity index is 1.94. The maximum absolute atomic E-state index is 13.8. The number of nitrogens with zero attached hydrogens (tertiary/aromatic N) is 3. The largest absolute Gasteiger partial charge is 0.508 e. The second-order valence-corrected chi connectivity index (χ2v) is 7.11. The molecule has 2 aromatic carbocycles. The van der Waals surface area contributed by atoms with Gasteiger partial charge < -0.3 is 5.11 Å². The molecule has 4 nitrogen and oxygen atoms in total. The molecule has 0 atom stereocenters. The number of rotatable bonds is 3. The van der Waals surface area contributed by atoms with Crippen molar-refractivity contribution in [2.75, 3.05) is 0 Å². The number of benzene rings is 2. The van der Waals surface area contributed by atoms with Crippen LogP contribution >= 0.6 is 11.6 Å². The molecule has 0 saturated heterocycles. The highest BCUT2D eigenvalue weighted by atomic mass is 35.5. The molecule has 0 unspecified atom stereocenters. The quantitative estimate of drug-likeness (QED) is 0.456. The van der Waals surface area contributed by atoms with Crippen molar-refractivity contribution in [3.05, 3.63) is 76.4 Å². The van der Waals surface area contributed by atoms with E-state index < -0.39 is 11.7 Å². The Kier molecular flexibility index (Phi) is 4.70. The van der Waals surface area contributed by atoms with Gasteiger partial charge in [-0.15, -0.1) is 0 Å². The van der Waals surface area contributed by atoms with Crippen molar-refractivity contribution < 1.29 is 18.3 Å². The van der Waals surface area contributed by atoms with Gasteiger partial charge in [0.2, 0.25) is 0 Å². The van der Waals surface area contributed by atoms with Gasteiger partial charge in [-0.2, -0.15) is 18.3 Å². The summed E-state index contributed by atoms with van der Waals surface area (Å²) in [6.45, 7) is 1.77. The van der Waals surface area contributed by atoms with E-state index >= 15 is 0 Å². The molecule has 0 amide bonds. The number of aryl methyl sites for hydroxylation is 1. The summed E-state index contributed by atoms with van der Waals surface area (Å²) >= 11 is 6.02. The van der Waals surface area contributed by atoms with Crippen LogP contribution in [0.4, 0.5) is 13.2 Å². The fourth-order valence-corrected chi connectivity index (χ4v) is 3.49. The van der Waals surface area contributed by atoms with Gasteiger partial charge in [0, 0.05) is 10.6 Å². The molecule has 148 valence electrons. The number of halogens is 4. The molecule has 2 heterocycles. The molecule has 0 bridgehead atoms. The highest BCUT2D eigenvalue weighted by molar-refractivity contribution is 6.30. The van der Waals surface area contributed by atoms with E-state index in [4.69, 9.17) is 11.6 Å². The van der Waals surface area contributed by atoms with Crippen molar-refractivity contribution in [1.82, 2.24) is 14.8 Å². The number of pyridine rings is 1. The van der Waals surface area contributed by atoms with Crippen LogP contribution in [0.2, 0.25) is 5.02 Å². The Morgan fingerprint density at radius 3 is 2.45 bits per heavy atom. The number of aromatic hydroxyl groups is 1. The van der Waals surface area contributed by atoms with Crippen molar-refractivity contribution in [3.8, 4) is 17.0 Å². The lowest BCUT2D eigenvalue weighted by Gasteiger charge is -2.12. The van der Waals surface area contributed by atoms with Gasteiger partial charge in [0.15, 0.2) is 5.65 Å². The Morgan fingerprint density at radius 1 is 1.07 bits per heavy atom. The number of alkyl halides is 3. The van der Waals surface area contributed by atoms with E-state index in [0.29, 0.717) is 10.6 Å². The van der Waals surface area contributed by atoms with Gasteiger partial charge in [0.1, 0.15) is 5.75 Å². The topological polar surface area (TPSA) is 50.9 Å². The van der Waals surface area contributed by atoms with Crippen LogP contribution in [0.25, 0.3) is 22.3 Å². The zero-order valence-electron chi connectivity index (χ0n) is 15.2. The van der Waals surface area contributed by atoms with Gasteiger partial charge in [-0.3, -0.25) is 0 Å². The smallest absolute Gasteiger partial charge is 0.417 e. The van der Waals surface area contributed by atoms with Gasteiger partial charge in [-0.1, -0.05) is 23.7 Å². The van der Waals surface area contributed by atoms with E-state index in [0.717, 1.165) is 11.6 Å². The SMILES string of the molecule is Cc1nn(Cc2cccc(Cl)c2)c2nc(-c3ccc(O)cc3)cc(C(F)(F)F)c12. The van der Waals surface area contributed by atoms with Gasteiger partial charge in [0.25, 0.3) is 0 Å². The summed E-state index contributed by atoms with van der Waals surface area (Å²) < 4.78 is 42.9. The molecule has 0 saturated carbocycles. The first-order valence-electron chi connectivity index (χ1n) is 8.71. The zero-order chi connectivity index (χ0) is 20.8. The van der Waals surface area contributed by atoms with Crippen LogP contribution in [0.1, 0.15) is 16.8 Å². The molecule has 4 rings (SSSR count). The summed E-state index contributed by atoms with van der Waals surface area (Å²) in [6.07, 6.45) is -4.57. The van der Waals surface area contributed by atoms with Crippen LogP contribution in [0, 0.1) is 6.92 Å². The monoisotopic (exact) mass is 417 g/mol. The average Bonchev–Trinajstić information content (AvgIpc) is 2.96. The zero-order valence-corrected chi connectivity index (χ0v) is 16.0. The summed E-state index contributed by atoms with van der Waals surface area (Å²) in [5.74, 6) is 0.0210. The third-order valence-corrected chi connectivity index (χ3v) is 4.80. The van der Waals surface area contributed by atoms with Crippen LogP contribution in [-0.4, -0.2) is 19.9 Å². The minimum absolute atomic E-state index is 0.0210. The van der Waals surface area contributed by atoms with Crippen molar-refractivity contribution >= 4 is 22.6 Å². The van der Waals surface area contributed by atoms with E-state index in [1.54, 1.807) is 18.2 Å². The van der Waals surface area contributed by atoms with E-state index in [1.807, 2.05) is 6.07 Å². The number of aromatic nitrogens is 3. The number of phenols is 1. The lowest BCUT2D eigenvalue weighted by molar-refractivity contribution is -0.136. The molecule has 29 heavy (non-hydrogen) atoms. The predicted octanol–water partition coefficient (Wildman–Crippen LogP) is 5.83. The molecule has 0 spiro atoms. The van der Waals surface area contributed by atoms with Crippen LogP contribution < -0.4 is 0 Å². The number of hydrogen-bond donors (Lipinski definition) is 1. The molecule has 0 fully saturated rings. The van der Waals surface area contributed by atoms with Gasteiger partial charge in [-0.25, -0.2) is 9.67 Å². The van der Waals surface area contributed by atoms with Gasteiger partial charge in [0.05, 0.1) is 28.9 Å². The average molecular weight is 418 g/mol. The van der Waals surface area contributed by atoms with E-state index in [1.165, 1.54) is 35.9 Å². The summed E-state index contributed by atoms with van der Waals surface area (Å²) in [4.78, 5) is 4.47. The van der Waals surface area contributed by atoms with Crippen LogP contribution in [0.15, 0.2) is 54.6 Å². The maximum Gasteiger partial charge on any atom is 0.417 e. The van der Waals surface area contributed by atoms with Crippen molar-refractivity contribution in [2.45, 2.75) is 19.6 Å². The fraction of sp³-hybridized carbons (Fsp3) is 0.143. The van der Waals surface area contributed by atoms with Crippen LogP contribution in [0.3, 0.4) is 0 Å². The van der Waals surface area contributed by atoms with E-state index in [-0.39, 0.29) is 34.7 Å². The molecule has 2 aromatic heterocycles. The molecule has 0 radical (unpaired) electrons. The van der Waals surface area contributed by atoms with Crippen molar-refractivity contribution in [2.24, 2.45) is 0 Å². The Morgan fingerprint density at radius 2 is 1.79 bits per heavy atom. The van der Waals surface area contributed by atoms with Gasteiger partial charge >= 0.3 is 6.18 Å². The van der Waals surface area contributed by atoms with Crippen LogP contribution in [-0.2, 0) is 12.7 Å². The van der Waals surface area contributed by atoms with Gasteiger partial charge in [-0.05, 0) is 55.0 Å². The first-order valence-corrected chi connectivity index (χ1v) is 9.09. The number of fused-ring (bicyclic) bond motifs is 1. The molecule has 0 aliphatic rings. The molecular formula is C21H15ClF3N3O. The van der Waals surface area contributed by atoms with Crippen molar-refractivity contribution in [1.29, 1.82) is 0 Å². The highest BCUT2D eigenvalue weighted by Crippen LogP contribution is 2.38. The number of hydrogen-bond acceptors (Lipinski definition) is 3. The van der Waals surface area contributed by atoms with E-state index in [9.17, 15) is 18.3 Å². The first kappa shape index (κ1) is 19.3. The fourth-order valence-electron chi connectivity index (χ4n) is 3.28. The molecule has 0 aliphatic heterocycles. The lowest BCUT2D eigenvalue weighted by Crippen LogP contribution is -2.08. The second-order valence-electron chi connectivity index (χ2n) is 6.67. The molecule has 1 N–H and O–H groups in total. The Labute approximate surface area is 169 Å². The summed E-state index contributed by atoms with van der Waals surface area (Å²) in [5, 5.41) is 14.3. The highest BCUT2D eigenvalue weighted by Gasteiger charge is 2.35. The third kappa shape index (κ3) is 3.78. The maximum atomic E-state index is 13.8. The standard InChI is InChI=1S/C21H15ClF3N3O/c1-12-19-17(21(23,24)25)10-18(14-5-7-16(29)8-6-14)26-20(19)28(27-12)11-13-3-2-4-15(22)9-13/h2-10,29H,11H2,1H3. The summed E-state index contributed by atoms with van der Waals surface area (Å²) in [7, 11) is 0. The molecular weight excluding hydrogens is 403 g/mol. The Bertz CT molecular complexity index is 1200. The predicted molar refractivity (Wildman–Crippen MR) is 105 cm³/mol. The molecule has 0 aliphatic carbocycles. The first-order chi connectivity index (χ1) is 13.7. The lowest BCUT2D eigenvalue weighted by atomic mass is 10.1. The normalized spacial score (nSPS) is 11.9. The summed E-state index contributed by atoms with van der Waals surface area (Å²) in [5.41, 5.74) is 1.01. The van der Waals surface area contributed by atoms with Crippen LogP contribution in [0.5, 0.6) is 5.75 Å². The molecule has 8 heteroatoms. The Hall–Kier alpha value is -3.06. The van der Waals surface area contributed by atoms with E-state index in [2.05, 4.69) is 10.1 Å². The summed E-state index contributed by atoms with van der Waals surface area (Å²) in [6, 6.07) is 13.9. The van der Waals surface area contributed by atoms with Crippen molar-refractivity contribution in [3.63, 3.8) is 0 Å². The minimum Gasteiger partial charge on any atom is -0.508 e. The minimum atomic E-state index is -4.57. The second kappa shape index (κ2) is 7.08.